The molecule has 0 radical (unpaired) electrons. The molecule has 0 fully saturated rings. The molecule has 4 nitrogen and oxygen atoms in total. The third-order valence-electron chi connectivity index (χ3n) is 8.82. The van der Waals surface area contributed by atoms with Crippen LogP contribution in [0, 0.1) is 0 Å². The largest absolute Gasteiger partial charge is 0.309 e. The summed E-state index contributed by atoms with van der Waals surface area (Å²) in [6, 6.07) is 59.3. The van der Waals surface area contributed by atoms with Crippen molar-refractivity contribution in [2.45, 2.75) is 0 Å². The van der Waals surface area contributed by atoms with Crippen molar-refractivity contribution in [2.75, 3.05) is 0 Å². The molecule has 220 valence electrons. The van der Waals surface area contributed by atoms with Gasteiger partial charge in [-0.25, -0.2) is 15.0 Å². The monoisotopic (exact) mass is 600 g/mol. The lowest BCUT2D eigenvalue weighted by Gasteiger charge is -2.12. The maximum Gasteiger partial charge on any atom is 0.164 e. The lowest BCUT2D eigenvalue weighted by molar-refractivity contribution is 1.07. The van der Waals surface area contributed by atoms with E-state index in [0.29, 0.717) is 17.5 Å². The van der Waals surface area contributed by atoms with E-state index in [9.17, 15) is 0 Å². The number of aromatic nitrogens is 4. The zero-order valence-electron chi connectivity index (χ0n) is 25.5. The number of hydrogen-bond donors (Lipinski definition) is 0. The molecule has 0 atom stereocenters. The average molecular weight is 601 g/mol. The van der Waals surface area contributed by atoms with Gasteiger partial charge in [-0.1, -0.05) is 140 Å². The highest BCUT2D eigenvalue weighted by Crippen LogP contribution is 2.36. The topological polar surface area (TPSA) is 43.6 Å². The van der Waals surface area contributed by atoms with Crippen LogP contribution in [0.4, 0.5) is 0 Å². The molecule has 9 rings (SSSR count). The summed E-state index contributed by atoms with van der Waals surface area (Å²) in [5.74, 6) is 1.92. The fourth-order valence-corrected chi connectivity index (χ4v) is 6.51. The molecule has 0 unspecified atom stereocenters. The Hall–Kier alpha value is -6.39. The van der Waals surface area contributed by atoms with Crippen LogP contribution in [-0.2, 0) is 0 Å². The van der Waals surface area contributed by atoms with Crippen molar-refractivity contribution < 1.29 is 0 Å². The lowest BCUT2D eigenvalue weighted by atomic mass is 10.0. The molecule has 0 aliphatic rings. The standard InChI is InChI=1S/C43H28N4/c1-3-12-29(13-4-1)30-22-24-32(25-23-30)42-44-41(31-14-5-2-6-15-31)45-43(46-42)35-18-11-19-36(26-35)47-39-21-10-9-20-37(39)38-27-33-16-7-8-17-34(33)28-40(38)47/h1-28H. The van der Waals surface area contributed by atoms with Gasteiger partial charge in [-0.2, -0.15) is 0 Å². The van der Waals surface area contributed by atoms with Gasteiger partial charge in [0.25, 0.3) is 0 Å². The zero-order chi connectivity index (χ0) is 31.2. The Bertz CT molecular complexity index is 2550. The summed E-state index contributed by atoms with van der Waals surface area (Å²) in [5.41, 5.74) is 8.53. The van der Waals surface area contributed by atoms with Crippen molar-refractivity contribution in [1.82, 2.24) is 19.5 Å². The van der Waals surface area contributed by atoms with Gasteiger partial charge >= 0.3 is 0 Å². The maximum absolute atomic E-state index is 5.06. The molecule has 4 heteroatoms. The zero-order valence-corrected chi connectivity index (χ0v) is 25.5. The predicted molar refractivity (Wildman–Crippen MR) is 193 cm³/mol. The number of nitrogens with zero attached hydrogens (tertiary/aromatic N) is 4. The van der Waals surface area contributed by atoms with E-state index >= 15 is 0 Å². The number of fused-ring (bicyclic) bond motifs is 4. The number of rotatable bonds is 5. The molecule has 0 N–H and O–H groups in total. The molecular formula is C43H28N4. The van der Waals surface area contributed by atoms with Gasteiger partial charge < -0.3 is 4.57 Å². The van der Waals surface area contributed by atoms with Crippen LogP contribution in [0.25, 0.3) is 83.6 Å². The van der Waals surface area contributed by atoms with Crippen LogP contribution >= 0.6 is 0 Å². The smallest absolute Gasteiger partial charge is 0.164 e. The molecule has 47 heavy (non-hydrogen) atoms. The number of para-hydroxylation sites is 1. The Morgan fingerprint density at radius 2 is 0.830 bits per heavy atom. The molecule has 2 heterocycles. The Balaban J connectivity index is 1.21. The summed E-state index contributed by atoms with van der Waals surface area (Å²) in [5, 5.41) is 4.91. The molecule has 0 aliphatic heterocycles. The maximum atomic E-state index is 5.06. The van der Waals surface area contributed by atoms with Gasteiger partial charge in [0.05, 0.1) is 11.0 Å². The fraction of sp³-hybridized carbons (Fsp3) is 0. The van der Waals surface area contributed by atoms with Crippen molar-refractivity contribution in [3.05, 3.63) is 170 Å². The first-order valence-electron chi connectivity index (χ1n) is 15.8. The van der Waals surface area contributed by atoms with Crippen molar-refractivity contribution >= 4 is 32.6 Å². The molecule has 0 bridgehead atoms. The first kappa shape index (κ1) is 27.0. The Morgan fingerprint density at radius 1 is 0.319 bits per heavy atom. The summed E-state index contributed by atoms with van der Waals surface area (Å²) in [6.45, 7) is 0. The molecule has 0 spiro atoms. The first-order valence-corrected chi connectivity index (χ1v) is 15.8. The van der Waals surface area contributed by atoms with E-state index in [1.807, 2.05) is 36.4 Å². The van der Waals surface area contributed by atoms with E-state index in [4.69, 9.17) is 15.0 Å². The minimum absolute atomic E-state index is 0.633. The van der Waals surface area contributed by atoms with Crippen LogP contribution in [-0.4, -0.2) is 19.5 Å². The minimum atomic E-state index is 0.633. The summed E-state index contributed by atoms with van der Waals surface area (Å²) < 4.78 is 2.35. The third kappa shape index (κ3) is 4.84. The lowest BCUT2D eigenvalue weighted by Crippen LogP contribution is -2.01. The predicted octanol–water partition coefficient (Wildman–Crippen LogP) is 10.8. The second-order valence-electron chi connectivity index (χ2n) is 11.7. The van der Waals surface area contributed by atoms with Crippen LogP contribution in [0.2, 0.25) is 0 Å². The molecule has 7 aromatic carbocycles. The van der Waals surface area contributed by atoms with Crippen molar-refractivity contribution in [3.8, 4) is 51.0 Å². The summed E-state index contributed by atoms with van der Waals surface area (Å²) in [6.07, 6.45) is 0. The van der Waals surface area contributed by atoms with Gasteiger partial charge in [-0.15, -0.1) is 0 Å². The highest BCUT2D eigenvalue weighted by molar-refractivity contribution is 6.13. The first-order chi connectivity index (χ1) is 23.3. The normalized spacial score (nSPS) is 11.4. The molecule has 9 aromatic rings. The van der Waals surface area contributed by atoms with Crippen LogP contribution in [0.1, 0.15) is 0 Å². The average Bonchev–Trinajstić information content (AvgIpc) is 3.47. The molecule has 0 aliphatic carbocycles. The Labute approximate surface area is 272 Å². The highest BCUT2D eigenvalue weighted by Gasteiger charge is 2.16. The minimum Gasteiger partial charge on any atom is -0.309 e. The van der Waals surface area contributed by atoms with Gasteiger partial charge in [0.1, 0.15) is 0 Å². The second-order valence-corrected chi connectivity index (χ2v) is 11.7. The van der Waals surface area contributed by atoms with Crippen molar-refractivity contribution in [3.63, 3.8) is 0 Å². The van der Waals surface area contributed by atoms with Gasteiger partial charge in [-0.3, -0.25) is 0 Å². The van der Waals surface area contributed by atoms with E-state index in [-0.39, 0.29) is 0 Å². The van der Waals surface area contributed by atoms with E-state index in [1.54, 1.807) is 0 Å². The highest BCUT2D eigenvalue weighted by atomic mass is 15.0. The Morgan fingerprint density at radius 3 is 1.55 bits per heavy atom. The van der Waals surface area contributed by atoms with Gasteiger partial charge in [0.2, 0.25) is 0 Å². The van der Waals surface area contributed by atoms with Crippen LogP contribution in [0.15, 0.2) is 170 Å². The van der Waals surface area contributed by atoms with E-state index < -0.39 is 0 Å². The van der Waals surface area contributed by atoms with Crippen LogP contribution in [0.3, 0.4) is 0 Å². The van der Waals surface area contributed by atoms with E-state index in [1.165, 1.54) is 32.6 Å². The van der Waals surface area contributed by atoms with Crippen molar-refractivity contribution in [2.24, 2.45) is 0 Å². The number of benzene rings is 7. The van der Waals surface area contributed by atoms with Crippen molar-refractivity contribution in [1.29, 1.82) is 0 Å². The van der Waals surface area contributed by atoms with E-state index in [2.05, 4.69) is 138 Å². The summed E-state index contributed by atoms with van der Waals surface area (Å²) >= 11 is 0. The van der Waals surface area contributed by atoms with Gasteiger partial charge in [0, 0.05) is 33.2 Å². The Kier molecular flexibility index (Phi) is 6.43. The fourth-order valence-electron chi connectivity index (χ4n) is 6.51. The number of hydrogen-bond acceptors (Lipinski definition) is 3. The third-order valence-corrected chi connectivity index (χ3v) is 8.82. The molecular weight excluding hydrogens is 573 g/mol. The molecule has 0 saturated heterocycles. The van der Waals surface area contributed by atoms with Gasteiger partial charge in [0.15, 0.2) is 17.5 Å². The molecule has 0 amide bonds. The van der Waals surface area contributed by atoms with Crippen LogP contribution < -0.4 is 0 Å². The molecule has 2 aromatic heterocycles. The SMILES string of the molecule is c1ccc(-c2ccc(-c3nc(-c4ccccc4)nc(-c4cccc(-n5c6ccccc6c6cc7ccccc7cc65)c4)n3)cc2)cc1. The quantitative estimate of drug-likeness (QED) is 0.197. The van der Waals surface area contributed by atoms with Crippen LogP contribution in [0.5, 0.6) is 0 Å². The van der Waals surface area contributed by atoms with Gasteiger partial charge in [-0.05, 0) is 52.2 Å². The summed E-state index contributed by atoms with van der Waals surface area (Å²) in [4.78, 5) is 15.0. The second kappa shape index (κ2) is 11.2. The van der Waals surface area contributed by atoms with E-state index in [0.717, 1.165) is 33.5 Å². The summed E-state index contributed by atoms with van der Waals surface area (Å²) in [7, 11) is 0. The molecule has 0 saturated carbocycles.